The fraction of sp³-hybridized carbons (Fsp3) is 0.200. The van der Waals surface area contributed by atoms with Crippen LogP contribution in [0.1, 0.15) is 13.8 Å². The summed E-state index contributed by atoms with van der Waals surface area (Å²) >= 11 is 0. The summed E-state index contributed by atoms with van der Waals surface area (Å²) in [7, 11) is 0. The minimum Gasteiger partial charge on any atom is -0.494 e. The van der Waals surface area contributed by atoms with Gasteiger partial charge >= 0.3 is 0 Å². The van der Waals surface area contributed by atoms with Gasteiger partial charge in [-0.25, -0.2) is 0 Å². The molecule has 3 N–H and O–H groups in total. The van der Waals surface area contributed by atoms with Gasteiger partial charge in [-0.2, -0.15) is 0 Å². The smallest absolute Gasteiger partial charge is 0.193 e. The third-order valence-electron chi connectivity index (χ3n) is 1.60. The Morgan fingerprint density at radius 1 is 1.00 bits per heavy atom. The molecule has 3 nitrogen and oxygen atoms in total. The van der Waals surface area contributed by atoms with E-state index in [0.29, 0.717) is 11.1 Å². The summed E-state index contributed by atoms with van der Waals surface area (Å²) in [6.07, 6.45) is 2.97. The van der Waals surface area contributed by atoms with E-state index in [9.17, 15) is 10.2 Å². The second-order valence-electron chi connectivity index (χ2n) is 2.60. The van der Waals surface area contributed by atoms with Gasteiger partial charge < -0.3 is 10.2 Å². The van der Waals surface area contributed by atoms with Crippen molar-refractivity contribution >= 4 is 0 Å². The highest BCUT2D eigenvalue weighted by Gasteiger charge is 2.00. The summed E-state index contributed by atoms with van der Waals surface area (Å²) in [5.41, 5.74) is 1.12. The van der Waals surface area contributed by atoms with Crippen LogP contribution >= 0.6 is 0 Å². The molecule has 0 aromatic heterocycles. The Morgan fingerprint density at radius 3 is 1.54 bits per heavy atom. The molecule has 0 rings (SSSR count). The Morgan fingerprint density at radius 2 is 1.31 bits per heavy atom. The zero-order chi connectivity index (χ0) is 10.4. The van der Waals surface area contributed by atoms with Crippen molar-refractivity contribution in [3.05, 3.63) is 48.2 Å². The van der Waals surface area contributed by atoms with Gasteiger partial charge in [0.2, 0.25) is 0 Å². The second kappa shape index (κ2) is 5.09. The molecule has 13 heavy (non-hydrogen) atoms. The van der Waals surface area contributed by atoms with Crippen molar-refractivity contribution in [2.75, 3.05) is 0 Å². The number of aliphatic hydroxyl groups is 2. The Balaban J connectivity index is 4.64. The average Bonchev–Trinajstić information content (AvgIpc) is 2.14. The molecular formula is C10H15NO2. The predicted molar refractivity (Wildman–Crippen MR) is 54.2 cm³/mol. The molecule has 0 saturated carbocycles. The zero-order valence-electron chi connectivity index (χ0n) is 7.96. The van der Waals surface area contributed by atoms with Crippen LogP contribution in [0.25, 0.3) is 0 Å². The number of rotatable bonds is 4. The van der Waals surface area contributed by atoms with Gasteiger partial charge in [0.15, 0.2) is 11.8 Å². The SMILES string of the molecule is C=C/C(C)=C(\O)N/C(O)=C(/C)C=C. The molecule has 0 fully saturated rings. The van der Waals surface area contributed by atoms with Crippen molar-refractivity contribution in [3.63, 3.8) is 0 Å². The van der Waals surface area contributed by atoms with Crippen LogP contribution in [0.4, 0.5) is 0 Å². The Hall–Kier alpha value is -1.64. The van der Waals surface area contributed by atoms with E-state index in [1.165, 1.54) is 12.2 Å². The topological polar surface area (TPSA) is 52.5 Å². The van der Waals surface area contributed by atoms with E-state index in [-0.39, 0.29) is 11.8 Å². The third kappa shape index (κ3) is 3.51. The lowest BCUT2D eigenvalue weighted by Gasteiger charge is -2.07. The van der Waals surface area contributed by atoms with Crippen molar-refractivity contribution < 1.29 is 10.2 Å². The molecule has 0 aliphatic carbocycles. The van der Waals surface area contributed by atoms with Gasteiger partial charge in [0.1, 0.15) is 0 Å². The van der Waals surface area contributed by atoms with Crippen LogP contribution in [-0.2, 0) is 0 Å². The molecule has 0 aliphatic rings. The maximum absolute atomic E-state index is 9.30. The molecule has 72 valence electrons. The van der Waals surface area contributed by atoms with E-state index in [1.54, 1.807) is 13.8 Å². The molecule has 0 amide bonds. The van der Waals surface area contributed by atoms with Crippen molar-refractivity contribution in [1.82, 2.24) is 5.32 Å². The zero-order valence-corrected chi connectivity index (χ0v) is 7.96. The lowest BCUT2D eigenvalue weighted by atomic mass is 10.3. The molecule has 3 heteroatoms. The van der Waals surface area contributed by atoms with Crippen molar-refractivity contribution in [2.24, 2.45) is 0 Å². The van der Waals surface area contributed by atoms with Crippen molar-refractivity contribution in [3.8, 4) is 0 Å². The van der Waals surface area contributed by atoms with Crippen LogP contribution in [0, 0.1) is 0 Å². The molecule has 0 bridgehead atoms. The van der Waals surface area contributed by atoms with E-state index >= 15 is 0 Å². The Kier molecular flexibility index (Phi) is 4.44. The first-order valence-electron chi connectivity index (χ1n) is 3.84. The molecule has 0 unspecified atom stereocenters. The van der Waals surface area contributed by atoms with Crippen LogP contribution in [0.2, 0.25) is 0 Å². The van der Waals surface area contributed by atoms with Gasteiger partial charge in [-0.05, 0) is 13.8 Å². The number of hydrogen-bond donors (Lipinski definition) is 3. The number of allylic oxidation sites excluding steroid dienone is 4. The summed E-state index contributed by atoms with van der Waals surface area (Å²) in [6.45, 7) is 10.3. The molecular weight excluding hydrogens is 166 g/mol. The predicted octanol–water partition coefficient (Wildman–Crippen LogP) is 2.53. The first kappa shape index (κ1) is 11.4. The monoisotopic (exact) mass is 181 g/mol. The molecule has 0 aromatic rings. The summed E-state index contributed by atoms with van der Waals surface area (Å²) in [5, 5.41) is 21.0. The van der Waals surface area contributed by atoms with Crippen LogP contribution in [0.15, 0.2) is 48.2 Å². The lowest BCUT2D eigenvalue weighted by molar-refractivity contribution is 0.307. The molecule has 0 spiro atoms. The first-order valence-corrected chi connectivity index (χ1v) is 3.84. The normalized spacial score (nSPS) is 14.0. The highest BCUT2D eigenvalue weighted by atomic mass is 16.3. The molecule has 0 radical (unpaired) electrons. The van der Waals surface area contributed by atoms with Crippen LogP contribution in [-0.4, -0.2) is 10.2 Å². The summed E-state index contributed by atoms with van der Waals surface area (Å²) in [6, 6.07) is 0. The van der Waals surface area contributed by atoms with Crippen LogP contribution in [0.5, 0.6) is 0 Å². The summed E-state index contributed by atoms with van der Waals surface area (Å²) < 4.78 is 0. The van der Waals surface area contributed by atoms with Crippen molar-refractivity contribution in [1.29, 1.82) is 0 Å². The highest BCUT2D eigenvalue weighted by Crippen LogP contribution is 2.03. The third-order valence-corrected chi connectivity index (χ3v) is 1.60. The number of hydrogen-bond acceptors (Lipinski definition) is 3. The largest absolute Gasteiger partial charge is 0.494 e. The molecule has 0 aliphatic heterocycles. The van der Waals surface area contributed by atoms with Gasteiger partial charge in [0.05, 0.1) is 0 Å². The van der Waals surface area contributed by atoms with Crippen LogP contribution < -0.4 is 5.32 Å². The van der Waals surface area contributed by atoms with Crippen LogP contribution in [0.3, 0.4) is 0 Å². The van der Waals surface area contributed by atoms with Gasteiger partial charge in [-0.1, -0.05) is 25.3 Å². The fourth-order valence-corrected chi connectivity index (χ4v) is 0.503. The minimum absolute atomic E-state index is 0.117. The number of aliphatic hydroxyl groups excluding tert-OH is 2. The van der Waals surface area contributed by atoms with E-state index in [4.69, 9.17) is 0 Å². The molecule has 0 aromatic carbocycles. The van der Waals surface area contributed by atoms with Crippen molar-refractivity contribution in [2.45, 2.75) is 13.8 Å². The van der Waals surface area contributed by atoms with E-state index in [1.807, 2.05) is 0 Å². The molecule has 0 atom stereocenters. The van der Waals surface area contributed by atoms with E-state index in [0.717, 1.165) is 0 Å². The van der Waals surface area contributed by atoms with Gasteiger partial charge in [0, 0.05) is 11.1 Å². The maximum atomic E-state index is 9.30. The molecule has 0 heterocycles. The standard InChI is InChI=1S/C10H15NO2/c1-5-7(3)9(12)11-10(13)8(4)6-2/h5-6,11-13H,1-2H2,3-4H3/b9-7-,10-8+. The summed E-state index contributed by atoms with van der Waals surface area (Å²) in [4.78, 5) is 0. The molecule has 0 saturated heterocycles. The van der Waals surface area contributed by atoms with Gasteiger partial charge in [0.25, 0.3) is 0 Å². The Bertz CT molecular complexity index is 247. The first-order chi connectivity index (χ1) is 6.02. The highest BCUT2D eigenvalue weighted by molar-refractivity contribution is 5.22. The quantitative estimate of drug-likeness (QED) is 0.461. The number of nitrogens with one attached hydrogen (secondary N) is 1. The lowest BCUT2D eigenvalue weighted by Crippen LogP contribution is -2.14. The summed E-state index contributed by atoms with van der Waals surface area (Å²) in [5.74, 6) is -0.234. The maximum Gasteiger partial charge on any atom is 0.193 e. The average molecular weight is 181 g/mol. The van der Waals surface area contributed by atoms with E-state index in [2.05, 4.69) is 18.5 Å². The van der Waals surface area contributed by atoms with E-state index < -0.39 is 0 Å². The fourth-order valence-electron chi connectivity index (χ4n) is 0.503. The Labute approximate surface area is 78.4 Å². The minimum atomic E-state index is -0.117. The second-order valence-corrected chi connectivity index (χ2v) is 2.60. The van der Waals surface area contributed by atoms with Gasteiger partial charge in [-0.15, -0.1) is 0 Å². The van der Waals surface area contributed by atoms with Gasteiger partial charge in [-0.3, -0.25) is 5.32 Å².